The van der Waals surface area contributed by atoms with Crippen LogP contribution in [-0.4, -0.2) is 48.8 Å². The van der Waals surface area contributed by atoms with E-state index in [1.165, 1.54) is 51.6 Å². The van der Waals surface area contributed by atoms with Crippen molar-refractivity contribution in [3.05, 3.63) is 0 Å². The van der Waals surface area contributed by atoms with Crippen molar-refractivity contribution in [1.29, 1.82) is 0 Å². The van der Waals surface area contributed by atoms with Gasteiger partial charge in [0.05, 0.1) is 6.10 Å². The maximum atomic E-state index is 10.1. The average Bonchev–Trinajstić information content (AvgIpc) is 2.38. The molecule has 0 aromatic heterocycles. The molecule has 1 aliphatic heterocycles. The van der Waals surface area contributed by atoms with Crippen molar-refractivity contribution in [2.24, 2.45) is 5.92 Å². The van der Waals surface area contributed by atoms with Crippen LogP contribution in [-0.2, 0) is 0 Å². The molecule has 1 saturated heterocycles. The summed E-state index contributed by atoms with van der Waals surface area (Å²) >= 11 is 0. The minimum absolute atomic E-state index is 0.0578. The van der Waals surface area contributed by atoms with Gasteiger partial charge < -0.3 is 10.4 Å². The minimum atomic E-state index is -0.0578. The maximum Gasteiger partial charge on any atom is 0.0695 e. The van der Waals surface area contributed by atoms with E-state index in [1.54, 1.807) is 0 Å². The maximum absolute atomic E-state index is 10.1. The molecule has 1 aliphatic carbocycles. The zero-order valence-corrected chi connectivity index (χ0v) is 11.2. The molecule has 0 aromatic carbocycles. The highest BCUT2D eigenvalue weighted by Gasteiger charge is 2.31. The summed E-state index contributed by atoms with van der Waals surface area (Å²) < 4.78 is 0. The van der Waals surface area contributed by atoms with Crippen molar-refractivity contribution < 1.29 is 5.11 Å². The molecule has 3 nitrogen and oxygen atoms in total. The van der Waals surface area contributed by atoms with E-state index in [2.05, 4.69) is 10.2 Å². The van der Waals surface area contributed by atoms with Gasteiger partial charge in [0, 0.05) is 6.04 Å². The predicted molar refractivity (Wildman–Crippen MR) is 71.1 cm³/mol. The van der Waals surface area contributed by atoms with Crippen molar-refractivity contribution >= 4 is 0 Å². The van der Waals surface area contributed by atoms with Crippen LogP contribution in [0.4, 0.5) is 0 Å². The minimum Gasteiger partial charge on any atom is -0.391 e. The third kappa shape index (κ3) is 3.67. The fraction of sp³-hybridized carbons (Fsp3) is 1.00. The molecule has 1 heterocycles. The van der Waals surface area contributed by atoms with Gasteiger partial charge in [0.2, 0.25) is 0 Å². The highest BCUT2D eigenvalue weighted by Crippen LogP contribution is 2.28. The lowest BCUT2D eigenvalue weighted by Gasteiger charge is -2.41. The topological polar surface area (TPSA) is 35.5 Å². The van der Waals surface area contributed by atoms with Gasteiger partial charge >= 0.3 is 0 Å². The molecule has 0 aromatic rings. The summed E-state index contributed by atoms with van der Waals surface area (Å²) in [4.78, 5) is 2.56. The van der Waals surface area contributed by atoms with Crippen LogP contribution < -0.4 is 5.32 Å². The standard InChI is InChI=1S/C14H28N2O/c1-15-9-6-12-7-10-16(11-8-12)13-4-2-3-5-14(13)17/h12-15,17H,2-11H2,1H3. The van der Waals surface area contributed by atoms with E-state index in [9.17, 15) is 5.11 Å². The number of nitrogens with one attached hydrogen (secondary N) is 1. The van der Waals surface area contributed by atoms with Crippen molar-refractivity contribution in [2.75, 3.05) is 26.7 Å². The number of rotatable bonds is 4. The van der Waals surface area contributed by atoms with Crippen molar-refractivity contribution in [1.82, 2.24) is 10.2 Å². The van der Waals surface area contributed by atoms with Crippen molar-refractivity contribution in [2.45, 2.75) is 57.1 Å². The van der Waals surface area contributed by atoms with Gasteiger partial charge in [-0.05, 0) is 64.7 Å². The van der Waals surface area contributed by atoms with Crippen LogP contribution in [0.15, 0.2) is 0 Å². The van der Waals surface area contributed by atoms with Crippen LogP contribution >= 0.6 is 0 Å². The van der Waals surface area contributed by atoms with Gasteiger partial charge in [-0.25, -0.2) is 0 Å². The van der Waals surface area contributed by atoms with E-state index in [0.29, 0.717) is 6.04 Å². The molecule has 17 heavy (non-hydrogen) atoms. The van der Waals surface area contributed by atoms with E-state index in [-0.39, 0.29) is 6.10 Å². The number of hydrogen-bond acceptors (Lipinski definition) is 3. The summed E-state index contributed by atoms with van der Waals surface area (Å²) in [6.45, 7) is 3.56. The van der Waals surface area contributed by atoms with Gasteiger partial charge in [0.15, 0.2) is 0 Å². The highest BCUT2D eigenvalue weighted by molar-refractivity contribution is 4.86. The van der Waals surface area contributed by atoms with Gasteiger partial charge in [-0.2, -0.15) is 0 Å². The summed E-state index contributed by atoms with van der Waals surface area (Å²) in [5.41, 5.74) is 0. The van der Waals surface area contributed by atoms with Crippen LogP contribution in [0.25, 0.3) is 0 Å². The van der Waals surface area contributed by atoms with Crippen LogP contribution in [0.1, 0.15) is 44.9 Å². The summed E-state index contributed by atoms with van der Waals surface area (Å²) in [6, 6.07) is 0.467. The fourth-order valence-electron chi connectivity index (χ4n) is 3.44. The molecule has 2 atom stereocenters. The first-order chi connectivity index (χ1) is 8.31. The Morgan fingerprint density at radius 1 is 1.12 bits per heavy atom. The predicted octanol–water partition coefficient (Wildman–Crippen LogP) is 1.61. The molecule has 0 bridgehead atoms. The molecule has 2 N–H and O–H groups in total. The number of hydrogen-bond donors (Lipinski definition) is 2. The van der Waals surface area contributed by atoms with E-state index < -0.39 is 0 Å². The third-order valence-corrected chi connectivity index (χ3v) is 4.61. The second-order valence-corrected chi connectivity index (χ2v) is 5.79. The number of piperidine rings is 1. The van der Waals surface area contributed by atoms with Crippen LogP contribution in [0, 0.1) is 5.92 Å². The number of aliphatic hydroxyl groups is 1. The van der Waals surface area contributed by atoms with E-state index in [0.717, 1.165) is 18.9 Å². The summed E-state index contributed by atoms with van der Waals surface area (Å²) in [5.74, 6) is 0.902. The van der Waals surface area contributed by atoms with E-state index in [1.807, 2.05) is 7.05 Å². The Morgan fingerprint density at radius 3 is 2.47 bits per heavy atom. The Labute approximate surface area is 106 Å². The summed E-state index contributed by atoms with van der Waals surface area (Å²) in [6.07, 6.45) is 8.66. The van der Waals surface area contributed by atoms with Crippen LogP contribution in [0.3, 0.4) is 0 Å². The van der Waals surface area contributed by atoms with Crippen LogP contribution in [0.5, 0.6) is 0 Å². The van der Waals surface area contributed by atoms with Gasteiger partial charge in [0.25, 0.3) is 0 Å². The molecule has 0 amide bonds. The lowest BCUT2D eigenvalue weighted by atomic mass is 9.87. The Morgan fingerprint density at radius 2 is 1.82 bits per heavy atom. The normalized spacial score (nSPS) is 32.8. The molecule has 0 spiro atoms. The molecule has 2 fully saturated rings. The van der Waals surface area contributed by atoms with Gasteiger partial charge in [-0.3, -0.25) is 4.90 Å². The molecule has 100 valence electrons. The molecule has 2 unspecified atom stereocenters. The lowest BCUT2D eigenvalue weighted by molar-refractivity contribution is 0.00351. The quantitative estimate of drug-likeness (QED) is 0.784. The van der Waals surface area contributed by atoms with Gasteiger partial charge in [-0.15, -0.1) is 0 Å². The average molecular weight is 240 g/mol. The first kappa shape index (κ1) is 13.3. The van der Waals surface area contributed by atoms with Crippen molar-refractivity contribution in [3.63, 3.8) is 0 Å². The third-order valence-electron chi connectivity index (χ3n) is 4.61. The second-order valence-electron chi connectivity index (χ2n) is 5.79. The Hall–Kier alpha value is -0.120. The highest BCUT2D eigenvalue weighted by atomic mass is 16.3. The first-order valence-electron chi connectivity index (χ1n) is 7.38. The number of likely N-dealkylation sites (tertiary alicyclic amines) is 1. The second kappa shape index (κ2) is 6.72. The SMILES string of the molecule is CNCCC1CCN(C2CCCCC2O)CC1. The smallest absolute Gasteiger partial charge is 0.0695 e. The Balaban J connectivity index is 1.74. The van der Waals surface area contributed by atoms with Gasteiger partial charge in [0.1, 0.15) is 0 Å². The Kier molecular flexibility index (Phi) is 5.26. The van der Waals surface area contributed by atoms with Crippen molar-refractivity contribution in [3.8, 4) is 0 Å². The number of nitrogens with zero attached hydrogens (tertiary/aromatic N) is 1. The number of aliphatic hydroxyl groups excluding tert-OH is 1. The first-order valence-corrected chi connectivity index (χ1v) is 7.38. The van der Waals surface area contributed by atoms with E-state index in [4.69, 9.17) is 0 Å². The molecular weight excluding hydrogens is 212 g/mol. The molecule has 2 rings (SSSR count). The Bertz CT molecular complexity index is 214. The molecule has 3 heteroatoms. The summed E-state index contributed by atoms with van der Waals surface area (Å²) in [7, 11) is 2.04. The molecular formula is C14H28N2O. The van der Waals surface area contributed by atoms with Gasteiger partial charge in [-0.1, -0.05) is 12.8 Å². The monoisotopic (exact) mass is 240 g/mol. The molecule has 0 radical (unpaired) electrons. The largest absolute Gasteiger partial charge is 0.391 e. The molecule has 2 aliphatic rings. The van der Waals surface area contributed by atoms with E-state index >= 15 is 0 Å². The molecule has 1 saturated carbocycles. The zero-order valence-electron chi connectivity index (χ0n) is 11.2. The summed E-state index contributed by atoms with van der Waals surface area (Å²) in [5, 5.41) is 13.3. The lowest BCUT2D eigenvalue weighted by Crippen LogP contribution is -2.48. The van der Waals surface area contributed by atoms with Crippen LogP contribution in [0.2, 0.25) is 0 Å². The fourth-order valence-corrected chi connectivity index (χ4v) is 3.44. The zero-order chi connectivity index (χ0) is 12.1.